The molecule has 0 saturated heterocycles. The van der Waals surface area contributed by atoms with Crippen molar-refractivity contribution in [3.05, 3.63) is 0 Å². The summed E-state index contributed by atoms with van der Waals surface area (Å²) in [4.78, 5) is 13.1. The second-order valence-electron chi connectivity index (χ2n) is 4.14. The Balaban J connectivity index is 3.63. The molecule has 0 fully saturated rings. The predicted octanol–water partition coefficient (Wildman–Crippen LogP) is 1.92. The average molecular weight is 201 g/mol. The van der Waals surface area contributed by atoms with Gasteiger partial charge in [0.15, 0.2) is 0 Å². The molecule has 0 amide bonds. The molecule has 0 spiro atoms. The number of carbonyl (C=O) groups excluding carboxylic acids is 1. The normalized spacial score (nSPS) is 13.4. The first-order chi connectivity index (χ1) is 6.49. The Morgan fingerprint density at radius 1 is 1.36 bits per heavy atom. The number of hydrogen-bond donors (Lipinski definition) is 0. The van der Waals surface area contributed by atoms with E-state index in [1.165, 1.54) is 7.11 Å². The molecule has 84 valence electrons. The van der Waals surface area contributed by atoms with Crippen LogP contribution in [0.3, 0.4) is 0 Å². The first kappa shape index (κ1) is 13.4. The molecule has 0 aliphatic heterocycles. The summed E-state index contributed by atoms with van der Waals surface area (Å²) in [6.07, 6.45) is 1.39. The number of methoxy groups -OCH3 is 1. The quantitative estimate of drug-likeness (QED) is 0.615. The molecule has 1 atom stereocenters. The third-order valence-electron chi connectivity index (χ3n) is 2.78. The van der Waals surface area contributed by atoms with Crippen LogP contribution >= 0.6 is 0 Å². The molecule has 0 aromatic rings. The van der Waals surface area contributed by atoms with E-state index in [1.54, 1.807) is 0 Å². The van der Waals surface area contributed by atoms with Crippen LogP contribution in [0.4, 0.5) is 0 Å². The molecule has 0 heterocycles. The van der Waals surface area contributed by atoms with Gasteiger partial charge in [-0.15, -0.1) is 0 Å². The topological polar surface area (TPSA) is 29.5 Å². The molecule has 0 aromatic heterocycles. The summed E-state index contributed by atoms with van der Waals surface area (Å²) in [5.74, 6) is 0.536. The fraction of sp³-hybridized carbons (Fsp3) is 0.909. The summed E-state index contributed by atoms with van der Waals surface area (Å²) in [7, 11) is 3.53. The first-order valence-corrected chi connectivity index (χ1v) is 5.26. The zero-order chi connectivity index (χ0) is 11.1. The number of esters is 1. The monoisotopic (exact) mass is 201 g/mol. The van der Waals surface area contributed by atoms with Gasteiger partial charge < -0.3 is 9.64 Å². The lowest BCUT2D eigenvalue weighted by molar-refractivity contribution is -0.140. The highest BCUT2D eigenvalue weighted by Gasteiger charge is 2.12. The SMILES string of the molecule is COC(=O)CCCN(C)C(C)C(C)C. The van der Waals surface area contributed by atoms with Crippen LogP contribution in [0.15, 0.2) is 0 Å². The van der Waals surface area contributed by atoms with E-state index in [-0.39, 0.29) is 5.97 Å². The van der Waals surface area contributed by atoms with Gasteiger partial charge in [-0.1, -0.05) is 13.8 Å². The maximum absolute atomic E-state index is 10.9. The van der Waals surface area contributed by atoms with Crippen LogP contribution in [0.5, 0.6) is 0 Å². The van der Waals surface area contributed by atoms with Gasteiger partial charge in [0, 0.05) is 12.5 Å². The Morgan fingerprint density at radius 3 is 2.36 bits per heavy atom. The molecule has 0 aromatic carbocycles. The summed E-state index contributed by atoms with van der Waals surface area (Å²) in [6.45, 7) is 7.58. The molecule has 3 nitrogen and oxygen atoms in total. The molecule has 3 heteroatoms. The highest BCUT2D eigenvalue weighted by molar-refractivity contribution is 5.69. The Hall–Kier alpha value is -0.570. The third kappa shape index (κ3) is 5.22. The van der Waals surface area contributed by atoms with Crippen molar-refractivity contribution in [2.45, 2.75) is 39.7 Å². The van der Waals surface area contributed by atoms with Crippen LogP contribution in [0, 0.1) is 5.92 Å². The van der Waals surface area contributed by atoms with Gasteiger partial charge in [-0.25, -0.2) is 0 Å². The van der Waals surface area contributed by atoms with Crippen molar-refractivity contribution in [1.82, 2.24) is 4.90 Å². The maximum atomic E-state index is 10.9. The largest absolute Gasteiger partial charge is 0.469 e. The van der Waals surface area contributed by atoms with Gasteiger partial charge in [0.2, 0.25) is 0 Å². The fourth-order valence-electron chi connectivity index (χ4n) is 1.29. The van der Waals surface area contributed by atoms with Crippen LogP contribution in [0.2, 0.25) is 0 Å². The van der Waals surface area contributed by atoms with Crippen molar-refractivity contribution in [3.8, 4) is 0 Å². The van der Waals surface area contributed by atoms with Crippen LogP contribution in [0.25, 0.3) is 0 Å². The minimum atomic E-state index is -0.115. The van der Waals surface area contributed by atoms with E-state index in [4.69, 9.17) is 0 Å². The van der Waals surface area contributed by atoms with E-state index in [1.807, 2.05) is 0 Å². The van der Waals surface area contributed by atoms with Crippen molar-refractivity contribution in [2.24, 2.45) is 5.92 Å². The zero-order valence-corrected chi connectivity index (χ0v) is 10.0. The van der Waals surface area contributed by atoms with E-state index in [2.05, 4.69) is 37.5 Å². The van der Waals surface area contributed by atoms with Crippen molar-refractivity contribution in [2.75, 3.05) is 20.7 Å². The molecule has 0 aliphatic rings. The summed E-state index contributed by atoms with van der Waals surface area (Å²) in [5, 5.41) is 0. The number of rotatable bonds is 6. The van der Waals surface area contributed by atoms with Crippen LogP contribution in [0.1, 0.15) is 33.6 Å². The third-order valence-corrected chi connectivity index (χ3v) is 2.78. The second-order valence-corrected chi connectivity index (χ2v) is 4.14. The van der Waals surface area contributed by atoms with E-state index in [9.17, 15) is 4.79 Å². The van der Waals surface area contributed by atoms with Crippen LogP contribution in [-0.4, -0.2) is 37.6 Å². The van der Waals surface area contributed by atoms with Crippen molar-refractivity contribution >= 4 is 5.97 Å². The van der Waals surface area contributed by atoms with Gasteiger partial charge in [0.1, 0.15) is 0 Å². The highest BCUT2D eigenvalue weighted by Crippen LogP contribution is 2.08. The number of hydrogen-bond acceptors (Lipinski definition) is 3. The van der Waals surface area contributed by atoms with E-state index in [0.29, 0.717) is 18.4 Å². The minimum absolute atomic E-state index is 0.115. The Kier molecular flexibility index (Phi) is 6.54. The molecule has 14 heavy (non-hydrogen) atoms. The Morgan fingerprint density at radius 2 is 1.93 bits per heavy atom. The number of carbonyl (C=O) groups is 1. The van der Waals surface area contributed by atoms with E-state index < -0.39 is 0 Å². The molecule has 1 unspecified atom stereocenters. The van der Waals surface area contributed by atoms with E-state index >= 15 is 0 Å². The second kappa shape index (κ2) is 6.82. The number of ether oxygens (including phenoxy) is 1. The lowest BCUT2D eigenvalue weighted by atomic mass is 10.1. The molecular formula is C11H23NO2. The molecule has 0 N–H and O–H groups in total. The lowest BCUT2D eigenvalue weighted by Gasteiger charge is -2.27. The summed E-state index contributed by atoms with van der Waals surface area (Å²) in [5.41, 5.74) is 0. The zero-order valence-electron chi connectivity index (χ0n) is 10.0. The first-order valence-electron chi connectivity index (χ1n) is 5.26. The van der Waals surface area contributed by atoms with E-state index in [0.717, 1.165) is 13.0 Å². The molecule has 0 radical (unpaired) electrons. The standard InChI is InChI=1S/C11H23NO2/c1-9(2)10(3)12(4)8-6-7-11(13)14-5/h9-10H,6-8H2,1-5H3. The van der Waals surface area contributed by atoms with Gasteiger partial charge in [-0.05, 0) is 32.9 Å². The summed E-state index contributed by atoms with van der Waals surface area (Å²) < 4.78 is 4.58. The Bertz CT molecular complexity index is 169. The molecule has 0 saturated carbocycles. The highest BCUT2D eigenvalue weighted by atomic mass is 16.5. The summed E-state index contributed by atoms with van der Waals surface area (Å²) >= 11 is 0. The molecular weight excluding hydrogens is 178 g/mol. The van der Waals surface area contributed by atoms with Gasteiger partial charge in [0.05, 0.1) is 7.11 Å². The van der Waals surface area contributed by atoms with Crippen molar-refractivity contribution in [1.29, 1.82) is 0 Å². The summed E-state index contributed by atoms with van der Waals surface area (Å²) in [6, 6.07) is 0.563. The van der Waals surface area contributed by atoms with Gasteiger partial charge in [-0.3, -0.25) is 4.79 Å². The molecule has 0 bridgehead atoms. The van der Waals surface area contributed by atoms with Gasteiger partial charge >= 0.3 is 5.97 Å². The minimum Gasteiger partial charge on any atom is -0.469 e. The van der Waals surface area contributed by atoms with Crippen LogP contribution < -0.4 is 0 Å². The van der Waals surface area contributed by atoms with Gasteiger partial charge in [0.25, 0.3) is 0 Å². The average Bonchev–Trinajstić information content (AvgIpc) is 2.15. The Labute approximate surface area is 87.4 Å². The predicted molar refractivity (Wildman–Crippen MR) is 58.2 cm³/mol. The van der Waals surface area contributed by atoms with Gasteiger partial charge in [-0.2, -0.15) is 0 Å². The smallest absolute Gasteiger partial charge is 0.305 e. The fourth-order valence-corrected chi connectivity index (χ4v) is 1.29. The molecule has 0 aliphatic carbocycles. The van der Waals surface area contributed by atoms with Crippen molar-refractivity contribution in [3.63, 3.8) is 0 Å². The maximum Gasteiger partial charge on any atom is 0.305 e. The number of nitrogens with zero attached hydrogens (tertiary/aromatic N) is 1. The molecule has 0 rings (SSSR count). The lowest BCUT2D eigenvalue weighted by Crippen LogP contribution is -2.34. The van der Waals surface area contributed by atoms with Crippen molar-refractivity contribution < 1.29 is 9.53 Å². The van der Waals surface area contributed by atoms with Crippen LogP contribution in [-0.2, 0) is 9.53 Å².